The second-order valence-electron chi connectivity index (χ2n) is 9.86. The Labute approximate surface area is 229 Å². The molecule has 0 spiro atoms. The number of sulfonamides is 1. The summed E-state index contributed by atoms with van der Waals surface area (Å²) in [6.07, 6.45) is 0.0848. The average Bonchev–Trinajstić information content (AvgIpc) is 3.10. The normalized spacial score (nSPS) is 18.4. The van der Waals surface area contributed by atoms with Gasteiger partial charge in [-0.05, 0) is 47.7 Å². The minimum Gasteiger partial charge on any atom is -0.292 e. The van der Waals surface area contributed by atoms with E-state index in [1.807, 2.05) is 97.9 Å². The van der Waals surface area contributed by atoms with Gasteiger partial charge < -0.3 is 0 Å². The first-order chi connectivity index (χ1) is 18.8. The van der Waals surface area contributed by atoms with Gasteiger partial charge in [0.15, 0.2) is 5.78 Å². The van der Waals surface area contributed by atoms with E-state index in [2.05, 4.69) is 6.07 Å². The summed E-state index contributed by atoms with van der Waals surface area (Å²) >= 11 is 0. The fraction of sp³-hybridized carbons (Fsp3) is 0.152. The second-order valence-corrected chi connectivity index (χ2v) is 11.8. The van der Waals surface area contributed by atoms with Gasteiger partial charge in [0.05, 0.1) is 11.0 Å². The van der Waals surface area contributed by atoms with Crippen LogP contribution in [0.5, 0.6) is 0 Å². The maximum absolute atomic E-state index is 14.6. The van der Waals surface area contributed by atoms with Crippen molar-refractivity contribution in [2.24, 2.45) is 5.41 Å². The second kappa shape index (κ2) is 10.8. The van der Waals surface area contributed by atoms with Gasteiger partial charge in [-0.1, -0.05) is 109 Å². The Morgan fingerprint density at radius 1 is 0.795 bits per heavy atom. The standard InChI is InChI=1S/C33H28N2O3S/c1-25-17-19-29(20-18-25)39(37,38)35-22-30(27-13-7-3-8-14-27)31(28-15-9-4-10-16-28)32(36)33(23-34,24-35)21-26-11-5-2-6-12-26/h2-20H,21-22,24H2,1H3/t33-/m1/s1. The molecule has 0 fully saturated rings. The molecular weight excluding hydrogens is 504 g/mol. The third-order valence-corrected chi connectivity index (χ3v) is 8.96. The van der Waals surface area contributed by atoms with E-state index in [0.717, 1.165) is 16.7 Å². The van der Waals surface area contributed by atoms with E-state index in [1.165, 1.54) is 4.31 Å². The Kier molecular flexibility index (Phi) is 7.30. The monoisotopic (exact) mass is 532 g/mol. The first-order valence-electron chi connectivity index (χ1n) is 12.7. The van der Waals surface area contributed by atoms with Gasteiger partial charge in [0.25, 0.3) is 0 Å². The molecule has 5 rings (SSSR count). The maximum Gasteiger partial charge on any atom is 0.243 e. The molecule has 0 bridgehead atoms. The summed E-state index contributed by atoms with van der Waals surface area (Å²) in [6.45, 7) is 1.58. The molecule has 0 N–H and O–H groups in total. The van der Waals surface area contributed by atoms with Gasteiger partial charge in [0.2, 0.25) is 10.0 Å². The number of Topliss-reactive ketones (excluding diaryl/α,β-unsaturated/α-hetero) is 1. The van der Waals surface area contributed by atoms with Crippen molar-refractivity contribution < 1.29 is 13.2 Å². The molecule has 0 aromatic heterocycles. The number of allylic oxidation sites excluding steroid dienone is 1. The highest BCUT2D eigenvalue weighted by molar-refractivity contribution is 7.89. The molecule has 1 aliphatic rings. The molecule has 0 radical (unpaired) electrons. The number of carbonyl (C=O) groups excluding carboxylic acids is 1. The van der Waals surface area contributed by atoms with Crippen LogP contribution in [-0.4, -0.2) is 31.6 Å². The van der Waals surface area contributed by atoms with Gasteiger partial charge in [0.1, 0.15) is 5.41 Å². The van der Waals surface area contributed by atoms with Crippen LogP contribution in [0.3, 0.4) is 0 Å². The lowest BCUT2D eigenvalue weighted by molar-refractivity contribution is -0.120. The van der Waals surface area contributed by atoms with Crippen molar-refractivity contribution in [3.63, 3.8) is 0 Å². The molecule has 0 saturated heterocycles. The predicted octanol–water partition coefficient (Wildman–Crippen LogP) is 5.93. The lowest BCUT2D eigenvalue weighted by atomic mass is 9.74. The Balaban J connectivity index is 1.78. The molecule has 4 aromatic carbocycles. The van der Waals surface area contributed by atoms with Crippen molar-refractivity contribution >= 4 is 27.0 Å². The zero-order valence-electron chi connectivity index (χ0n) is 21.6. The lowest BCUT2D eigenvalue weighted by Crippen LogP contribution is -2.44. The number of ketones is 1. The molecule has 5 nitrogen and oxygen atoms in total. The molecule has 39 heavy (non-hydrogen) atoms. The third kappa shape index (κ3) is 5.20. The smallest absolute Gasteiger partial charge is 0.243 e. The fourth-order valence-electron chi connectivity index (χ4n) is 5.08. The molecule has 1 aliphatic heterocycles. The van der Waals surface area contributed by atoms with Gasteiger partial charge in [-0.2, -0.15) is 9.57 Å². The first-order valence-corrected chi connectivity index (χ1v) is 14.2. The quantitative estimate of drug-likeness (QED) is 0.308. The number of benzene rings is 4. The number of hydrogen-bond donors (Lipinski definition) is 0. The van der Waals surface area contributed by atoms with Gasteiger partial charge in [0, 0.05) is 18.7 Å². The van der Waals surface area contributed by atoms with Crippen molar-refractivity contribution in [1.82, 2.24) is 4.31 Å². The van der Waals surface area contributed by atoms with Crippen LogP contribution in [0.2, 0.25) is 0 Å². The number of rotatable bonds is 6. The lowest BCUT2D eigenvalue weighted by Gasteiger charge is -2.30. The van der Waals surface area contributed by atoms with Crippen LogP contribution < -0.4 is 0 Å². The minimum absolute atomic E-state index is 0.0472. The van der Waals surface area contributed by atoms with E-state index in [4.69, 9.17) is 0 Å². The van der Waals surface area contributed by atoms with E-state index in [0.29, 0.717) is 16.7 Å². The van der Waals surface area contributed by atoms with E-state index in [1.54, 1.807) is 24.3 Å². The Morgan fingerprint density at radius 2 is 1.33 bits per heavy atom. The SMILES string of the molecule is Cc1ccc(S(=O)(=O)N2CC(c3ccccc3)=C(c3ccccc3)C(=O)[C@@](C#N)(Cc3ccccc3)C2)cc1. The van der Waals surface area contributed by atoms with Gasteiger partial charge in [-0.25, -0.2) is 8.42 Å². The predicted molar refractivity (Wildman–Crippen MR) is 153 cm³/mol. The zero-order chi connectivity index (χ0) is 27.5. The number of nitrogens with zero attached hydrogens (tertiary/aromatic N) is 2. The van der Waals surface area contributed by atoms with Crippen molar-refractivity contribution in [2.75, 3.05) is 13.1 Å². The Bertz CT molecular complexity index is 1660. The van der Waals surface area contributed by atoms with E-state index in [9.17, 15) is 18.5 Å². The Hall–Kier alpha value is -4.31. The van der Waals surface area contributed by atoms with Crippen LogP contribution in [0, 0.1) is 23.7 Å². The number of hydrogen-bond acceptors (Lipinski definition) is 4. The average molecular weight is 533 g/mol. The molecule has 1 heterocycles. The van der Waals surface area contributed by atoms with Crippen molar-refractivity contribution in [3.8, 4) is 6.07 Å². The summed E-state index contributed by atoms with van der Waals surface area (Å²) in [6, 6.07) is 36.8. The highest BCUT2D eigenvalue weighted by atomic mass is 32.2. The van der Waals surface area contributed by atoms with Crippen LogP contribution in [-0.2, 0) is 21.2 Å². The molecule has 0 unspecified atom stereocenters. The summed E-state index contributed by atoms with van der Waals surface area (Å²) in [4.78, 5) is 14.8. The molecule has 1 atom stereocenters. The summed E-state index contributed by atoms with van der Waals surface area (Å²) in [5.74, 6) is -0.375. The summed E-state index contributed by atoms with van der Waals surface area (Å²) in [7, 11) is -4.05. The van der Waals surface area contributed by atoms with E-state index in [-0.39, 0.29) is 30.2 Å². The number of carbonyl (C=O) groups is 1. The molecule has 0 aliphatic carbocycles. The van der Waals surface area contributed by atoms with Gasteiger partial charge in [-0.15, -0.1) is 0 Å². The highest BCUT2D eigenvalue weighted by Gasteiger charge is 2.48. The highest BCUT2D eigenvalue weighted by Crippen LogP contribution is 2.41. The van der Waals surface area contributed by atoms with E-state index >= 15 is 0 Å². The molecular formula is C33H28N2O3S. The van der Waals surface area contributed by atoms with Crippen LogP contribution >= 0.6 is 0 Å². The van der Waals surface area contributed by atoms with Crippen molar-refractivity contribution in [2.45, 2.75) is 18.2 Å². The molecule has 0 saturated carbocycles. The molecule has 4 aromatic rings. The molecule has 194 valence electrons. The van der Waals surface area contributed by atoms with Crippen LogP contribution in [0.1, 0.15) is 22.3 Å². The van der Waals surface area contributed by atoms with E-state index < -0.39 is 15.4 Å². The fourth-order valence-corrected chi connectivity index (χ4v) is 6.55. The number of aryl methyl sites for hydroxylation is 1. The topological polar surface area (TPSA) is 78.2 Å². The van der Waals surface area contributed by atoms with Gasteiger partial charge in [-0.3, -0.25) is 4.79 Å². The first kappa shape index (κ1) is 26.3. The largest absolute Gasteiger partial charge is 0.292 e. The van der Waals surface area contributed by atoms with Crippen LogP contribution in [0.25, 0.3) is 11.1 Å². The minimum atomic E-state index is -4.05. The summed E-state index contributed by atoms with van der Waals surface area (Å²) in [5, 5.41) is 10.7. The third-order valence-electron chi connectivity index (χ3n) is 7.15. The van der Waals surface area contributed by atoms with Crippen molar-refractivity contribution in [3.05, 3.63) is 138 Å². The number of nitriles is 1. The summed E-state index contributed by atoms with van der Waals surface area (Å²) < 4.78 is 29.5. The summed E-state index contributed by atoms with van der Waals surface area (Å²) in [5.41, 5.74) is 2.43. The molecule has 0 amide bonds. The molecule has 6 heteroatoms. The zero-order valence-corrected chi connectivity index (χ0v) is 22.4. The van der Waals surface area contributed by atoms with Crippen LogP contribution in [0.4, 0.5) is 0 Å². The maximum atomic E-state index is 14.6. The van der Waals surface area contributed by atoms with Gasteiger partial charge >= 0.3 is 0 Å². The Morgan fingerprint density at radius 3 is 1.90 bits per heavy atom. The van der Waals surface area contributed by atoms with Crippen molar-refractivity contribution in [1.29, 1.82) is 5.26 Å². The van der Waals surface area contributed by atoms with Crippen LogP contribution in [0.15, 0.2) is 120 Å².